The van der Waals surface area contributed by atoms with Crippen molar-refractivity contribution in [3.63, 3.8) is 0 Å². The van der Waals surface area contributed by atoms with Crippen LogP contribution in [-0.2, 0) is 9.53 Å². The van der Waals surface area contributed by atoms with E-state index in [2.05, 4.69) is 13.8 Å². The highest BCUT2D eigenvalue weighted by Gasteiger charge is 2.45. The first-order valence-electron chi connectivity index (χ1n) is 6.16. The van der Waals surface area contributed by atoms with Gasteiger partial charge in [0.15, 0.2) is 5.78 Å². The van der Waals surface area contributed by atoms with E-state index in [4.69, 9.17) is 4.74 Å². The predicted molar refractivity (Wildman–Crippen MR) is 61.8 cm³/mol. The van der Waals surface area contributed by atoms with Crippen LogP contribution in [0.1, 0.15) is 53.4 Å². The Balaban J connectivity index is 2.43. The van der Waals surface area contributed by atoms with E-state index in [1.54, 1.807) is 0 Å². The molecule has 1 fully saturated rings. The Morgan fingerprint density at radius 3 is 2.20 bits per heavy atom. The van der Waals surface area contributed by atoms with Crippen LogP contribution in [0.15, 0.2) is 0 Å². The third-order valence-electron chi connectivity index (χ3n) is 3.21. The fourth-order valence-electron chi connectivity index (χ4n) is 1.98. The number of ketones is 1. The number of hydrogen-bond acceptors (Lipinski definition) is 2. The highest BCUT2D eigenvalue weighted by atomic mass is 16.5. The molecule has 0 aromatic rings. The van der Waals surface area contributed by atoms with Crippen LogP contribution in [0, 0.1) is 11.8 Å². The van der Waals surface area contributed by atoms with E-state index in [1.165, 1.54) is 0 Å². The smallest absolute Gasteiger partial charge is 0.167 e. The summed E-state index contributed by atoms with van der Waals surface area (Å²) in [6.45, 7) is 9.03. The van der Waals surface area contributed by atoms with Crippen LogP contribution in [0.3, 0.4) is 0 Å². The van der Waals surface area contributed by atoms with Crippen molar-refractivity contribution in [2.24, 2.45) is 11.8 Å². The van der Waals surface area contributed by atoms with Crippen LogP contribution >= 0.6 is 0 Å². The van der Waals surface area contributed by atoms with Gasteiger partial charge in [-0.3, -0.25) is 4.79 Å². The topological polar surface area (TPSA) is 26.3 Å². The van der Waals surface area contributed by atoms with Gasteiger partial charge in [-0.2, -0.15) is 0 Å². The van der Waals surface area contributed by atoms with Crippen molar-refractivity contribution in [2.75, 3.05) is 6.61 Å². The average Bonchev–Trinajstić information content (AvgIpc) is 2.08. The van der Waals surface area contributed by atoms with Gasteiger partial charge in [0, 0.05) is 12.5 Å². The zero-order chi connectivity index (χ0) is 11.5. The molecule has 0 saturated heterocycles. The van der Waals surface area contributed by atoms with Crippen LogP contribution in [0.5, 0.6) is 0 Å². The monoisotopic (exact) mass is 212 g/mol. The van der Waals surface area contributed by atoms with E-state index in [0.717, 1.165) is 32.3 Å². The Morgan fingerprint density at radius 1 is 1.27 bits per heavy atom. The van der Waals surface area contributed by atoms with Gasteiger partial charge in [0.25, 0.3) is 0 Å². The minimum Gasteiger partial charge on any atom is -0.367 e. The lowest BCUT2D eigenvalue weighted by molar-refractivity contribution is -0.161. The number of rotatable bonds is 6. The van der Waals surface area contributed by atoms with E-state index < -0.39 is 5.60 Å². The summed E-state index contributed by atoms with van der Waals surface area (Å²) in [7, 11) is 0. The molecular formula is C13H24O2. The molecule has 1 saturated carbocycles. The normalized spacial score (nSPS) is 19.3. The molecule has 0 heterocycles. The summed E-state index contributed by atoms with van der Waals surface area (Å²) in [4.78, 5) is 12.0. The second kappa shape index (κ2) is 5.11. The molecule has 0 atom stereocenters. The van der Waals surface area contributed by atoms with Gasteiger partial charge in [-0.25, -0.2) is 0 Å². The number of ether oxygens (including phenoxy) is 1. The van der Waals surface area contributed by atoms with Crippen molar-refractivity contribution in [3.8, 4) is 0 Å². The summed E-state index contributed by atoms with van der Waals surface area (Å²) in [5, 5.41) is 0. The number of Topliss-reactive ketones (excluding diaryl/α,β-unsaturated/α-hetero) is 1. The van der Waals surface area contributed by atoms with Gasteiger partial charge in [-0.15, -0.1) is 0 Å². The molecule has 0 radical (unpaired) electrons. The standard InChI is InChI=1S/C13H24O2/c1-10(2)6-9-15-13(7-5-8-13)12(14)11(3)4/h10-11H,5-9H2,1-4H3. The van der Waals surface area contributed by atoms with Crippen LogP contribution in [0.2, 0.25) is 0 Å². The van der Waals surface area contributed by atoms with Gasteiger partial charge in [0.2, 0.25) is 0 Å². The molecule has 1 rings (SSSR count). The molecule has 2 nitrogen and oxygen atoms in total. The van der Waals surface area contributed by atoms with Crippen molar-refractivity contribution in [1.82, 2.24) is 0 Å². The Hall–Kier alpha value is -0.370. The van der Waals surface area contributed by atoms with Crippen LogP contribution in [0.4, 0.5) is 0 Å². The number of carbonyl (C=O) groups excluding carboxylic acids is 1. The molecule has 0 bridgehead atoms. The molecular weight excluding hydrogens is 188 g/mol. The summed E-state index contributed by atoms with van der Waals surface area (Å²) in [6, 6.07) is 0. The summed E-state index contributed by atoms with van der Waals surface area (Å²) in [6.07, 6.45) is 4.05. The highest BCUT2D eigenvalue weighted by Crippen LogP contribution is 2.38. The molecule has 1 aliphatic carbocycles. The molecule has 0 N–H and O–H groups in total. The number of carbonyl (C=O) groups is 1. The average molecular weight is 212 g/mol. The summed E-state index contributed by atoms with van der Waals surface area (Å²) in [5.74, 6) is 1.05. The molecule has 15 heavy (non-hydrogen) atoms. The first kappa shape index (κ1) is 12.7. The predicted octanol–water partition coefficient (Wildman–Crippen LogP) is 3.20. The van der Waals surface area contributed by atoms with Crippen molar-refractivity contribution in [3.05, 3.63) is 0 Å². The zero-order valence-corrected chi connectivity index (χ0v) is 10.5. The third-order valence-corrected chi connectivity index (χ3v) is 3.21. The molecule has 2 heteroatoms. The summed E-state index contributed by atoms with van der Waals surface area (Å²) < 4.78 is 5.85. The highest BCUT2D eigenvalue weighted by molar-refractivity contribution is 5.89. The van der Waals surface area contributed by atoms with Crippen molar-refractivity contribution < 1.29 is 9.53 Å². The second-order valence-electron chi connectivity index (χ2n) is 5.40. The molecule has 0 aromatic heterocycles. The van der Waals surface area contributed by atoms with Crippen molar-refractivity contribution >= 4 is 5.78 Å². The lowest BCUT2D eigenvalue weighted by Crippen LogP contribution is -2.50. The zero-order valence-electron chi connectivity index (χ0n) is 10.5. The minimum atomic E-state index is -0.400. The van der Waals surface area contributed by atoms with Gasteiger partial charge in [-0.1, -0.05) is 27.7 Å². The molecule has 0 aliphatic heterocycles. The first-order chi connectivity index (χ1) is 6.98. The van der Waals surface area contributed by atoms with E-state index in [-0.39, 0.29) is 5.92 Å². The van der Waals surface area contributed by atoms with Crippen LogP contribution < -0.4 is 0 Å². The van der Waals surface area contributed by atoms with Gasteiger partial charge >= 0.3 is 0 Å². The van der Waals surface area contributed by atoms with Crippen molar-refractivity contribution in [2.45, 2.75) is 59.0 Å². The van der Waals surface area contributed by atoms with E-state index in [1.807, 2.05) is 13.8 Å². The molecule has 0 unspecified atom stereocenters. The maximum absolute atomic E-state index is 12.0. The Morgan fingerprint density at radius 2 is 1.87 bits per heavy atom. The van der Waals surface area contributed by atoms with Gasteiger partial charge in [-0.05, 0) is 31.6 Å². The fraction of sp³-hybridized carbons (Fsp3) is 0.923. The van der Waals surface area contributed by atoms with E-state index >= 15 is 0 Å². The van der Waals surface area contributed by atoms with Crippen LogP contribution in [-0.4, -0.2) is 18.0 Å². The quantitative estimate of drug-likeness (QED) is 0.676. The SMILES string of the molecule is CC(C)CCOC1(C(=O)C(C)C)CCC1. The van der Waals surface area contributed by atoms with Crippen LogP contribution in [0.25, 0.3) is 0 Å². The molecule has 0 spiro atoms. The van der Waals surface area contributed by atoms with Gasteiger partial charge < -0.3 is 4.74 Å². The summed E-state index contributed by atoms with van der Waals surface area (Å²) in [5.41, 5.74) is -0.400. The molecule has 0 aromatic carbocycles. The molecule has 1 aliphatic rings. The lowest BCUT2D eigenvalue weighted by Gasteiger charge is -2.41. The second-order valence-corrected chi connectivity index (χ2v) is 5.40. The Kier molecular flexibility index (Phi) is 4.32. The molecule has 0 amide bonds. The summed E-state index contributed by atoms with van der Waals surface area (Å²) >= 11 is 0. The van der Waals surface area contributed by atoms with Gasteiger partial charge in [0.1, 0.15) is 5.60 Å². The third kappa shape index (κ3) is 3.04. The Bertz CT molecular complexity index is 215. The molecule has 88 valence electrons. The Labute approximate surface area is 93.4 Å². The number of hydrogen-bond donors (Lipinski definition) is 0. The maximum atomic E-state index is 12.0. The van der Waals surface area contributed by atoms with E-state index in [9.17, 15) is 4.79 Å². The maximum Gasteiger partial charge on any atom is 0.167 e. The fourth-order valence-corrected chi connectivity index (χ4v) is 1.98. The lowest BCUT2D eigenvalue weighted by atomic mass is 9.73. The minimum absolute atomic E-state index is 0.101. The van der Waals surface area contributed by atoms with E-state index in [0.29, 0.717) is 11.7 Å². The van der Waals surface area contributed by atoms with Crippen molar-refractivity contribution in [1.29, 1.82) is 0 Å². The largest absolute Gasteiger partial charge is 0.367 e. The van der Waals surface area contributed by atoms with Gasteiger partial charge in [0.05, 0.1) is 0 Å². The first-order valence-corrected chi connectivity index (χ1v) is 6.16.